The molecule has 2 heterocycles. The molecule has 0 aromatic rings. The van der Waals surface area contributed by atoms with Crippen LogP contribution in [0.2, 0.25) is 0 Å². The summed E-state index contributed by atoms with van der Waals surface area (Å²) in [5, 5.41) is 3.02. The zero-order valence-electron chi connectivity index (χ0n) is 10.2. The summed E-state index contributed by atoms with van der Waals surface area (Å²) in [4.78, 5) is 7.15. The minimum Gasteiger partial charge on any atom is -0.351 e. The molecule has 1 atom stereocenters. The van der Waals surface area contributed by atoms with Crippen LogP contribution in [0.15, 0.2) is 4.99 Å². The van der Waals surface area contributed by atoms with Gasteiger partial charge in [0.2, 0.25) is 0 Å². The Balaban J connectivity index is 1.86. The van der Waals surface area contributed by atoms with Crippen molar-refractivity contribution in [2.45, 2.75) is 38.4 Å². The Morgan fingerprint density at radius 1 is 1.50 bits per heavy atom. The number of piperidine rings is 1. The third-order valence-corrected chi connectivity index (χ3v) is 6.43. The van der Waals surface area contributed by atoms with Crippen molar-refractivity contribution in [3.63, 3.8) is 0 Å². The average Bonchev–Trinajstić information content (AvgIpc) is 2.79. The highest BCUT2D eigenvalue weighted by Crippen LogP contribution is 2.36. The summed E-state index contributed by atoms with van der Waals surface area (Å²) in [6, 6.07) is 0. The molecule has 2 aliphatic rings. The Labute approximate surface area is 111 Å². The molecule has 1 unspecified atom stereocenters. The molecule has 0 aromatic heterocycles. The van der Waals surface area contributed by atoms with E-state index < -0.39 is 0 Å². The van der Waals surface area contributed by atoms with Crippen molar-refractivity contribution in [2.75, 3.05) is 25.0 Å². The zero-order valence-corrected chi connectivity index (χ0v) is 12.6. The maximum Gasteiger partial charge on any atom is 0.159 e. The van der Waals surface area contributed by atoms with Crippen molar-refractivity contribution in [2.24, 2.45) is 10.4 Å². The Morgan fingerprint density at radius 2 is 2.19 bits per heavy atom. The van der Waals surface area contributed by atoms with Gasteiger partial charge in [0.05, 0.1) is 6.54 Å². The quantitative estimate of drug-likeness (QED) is 0.727. The van der Waals surface area contributed by atoms with Crippen molar-refractivity contribution < 1.29 is 0 Å². The standard InChI is InChI=1S/C12H21BrN2S/c1-3-12(2)4-6-15(7-5-12)11-14-9-10(8-13)16-11/h10H,3-9H2,1-2H3. The topological polar surface area (TPSA) is 15.6 Å². The van der Waals surface area contributed by atoms with Gasteiger partial charge in [-0.25, -0.2) is 0 Å². The van der Waals surface area contributed by atoms with Gasteiger partial charge in [0, 0.05) is 23.7 Å². The van der Waals surface area contributed by atoms with E-state index in [0.29, 0.717) is 10.7 Å². The fourth-order valence-corrected chi connectivity index (χ4v) is 3.84. The Kier molecular flexibility index (Phi) is 4.22. The van der Waals surface area contributed by atoms with E-state index in [1.165, 1.54) is 37.5 Å². The van der Waals surface area contributed by atoms with E-state index in [2.05, 4.69) is 39.7 Å². The van der Waals surface area contributed by atoms with Crippen molar-refractivity contribution in [3.8, 4) is 0 Å². The fraction of sp³-hybridized carbons (Fsp3) is 0.917. The van der Waals surface area contributed by atoms with Gasteiger partial charge in [0.25, 0.3) is 0 Å². The first-order valence-corrected chi connectivity index (χ1v) is 8.19. The summed E-state index contributed by atoms with van der Waals surface area (Å²) in [6.45, 7) is 8.14. The molecule has 2 nitrogen and oxygen atoms in total. The lowest BCUT2D eigenvalue weighted by atomic mass is 9.78. The number of hydrogen-bond acceptors (Lipinski definition) is 3. The van der Waals surface area contributed by atoms with Crippen LogP contribution in [-0.2, 0) is 0 Å². The summed E-state index contributed by atoms with van der Waals surface area (Å²) in [5.74, 6) is 0. The molecule has 0 N–H and O–H groups in total. The first-order chi connectivity index (χ1) is 7.67. The lowest BCUT2D eigenvalue weighted by Crippen LogP contribution is -2.40. The first kappa shape index (κ1) is 12.7. The molecular weight excluding hydrogens is 284 g/mol. The van der Waals surface area contributed by atoms with Gasteiger partial charge in [-0.3, -0.25) is 4.99 Å². The smallest absolute Gasteiger partial charge is 0.159 e. The van der Waals surface area contributed by atoms with E-state index in [1.54, 1.807) is 0 Å². The van der Waals surface area contributed by atoms with Crippen molar-refractivity contribution in [1.82, 2.24) is 4.90 Å². The Bertz CT molecular complexity index is 272. The summed E-state index contributed by atoms with van der Waals surface area (Å²) in [7, 11) is 0. The maximum absolute atomic E-state index is 4.66. The largest absolute Gasteiger partial charge is 0.351 e. The molecular formula is C12H21BrN2S. The number of alkyl halides is 1. The van der Waals surface area contributed by atoms with Crippen LogP contribution in [0, 0.1) is 5.41 Å². The SMILES string of the molecule is CCC1(C)CCN(C2=NCC(CBr)S2)CC1. The molecule has 2 aliphatic heterocycles. The van der Waals surface area contributed by atoms with Gasteiger partial charge < -0.3 is 4.90 Å². The molecule has 1 fully saturated rings. The first-order valence-electron chi connectivity index (χ1n) is 6.19. The van der Waals surface area contributed by atoms with Crippen LogP contribution in [0.5, 0.6) is 0 Å². The molecule has 92 valence electrons. The highest BCUT2D eigenvalue weighted by molar-refractivity contribution is 9.09. The number of rotatable bonds is 2. The Morgan fingerprint density at radius 3 is 2.69 bits per heavy atom. The molecule has 0 amide bonds. The van der Waals surface area contributed by atoms with Gasteiger partial charge in [-0.2, -0.15) is 0 Å². The number of likely N-dealkylation sites (tertiary alicyclic amines) is 1. The van der Waals surface area contributed by atoms with E-state index in [9.17, 15) is 0 Å². The highest BCUT2D eigenvalue weighted by Gasteiger charge is 2.31. The van der Waals surface area contributed by atoms with E-state index >= 15 is 0 Å². The predicted octanol–water partition coefficient (Wildman–Crippen LogP) is 3.36. The van der Waals surface area contributed by atoms with Crippen molar-refractivity contribution in [3.05, 3.63) is 0 Å². The lowest BCUT2D eigenvalue weighted by Gasteiger charge is -2.39. The van der Waals surface area contributed by atoms with E-state index in [0.717, 1.165) is 11.9 Å². The van der Waals surface area contributed by atoms with Gasteiger partial charge in [-0.05, 0) is 18.3 Å². The van der Waals surface area contributed by atoms with E-state index in [4.69, 9.17) is 0 Å². The van der Waals surface area contributed by atoms with Crippen LogP contribution in [0.1, 0.15) is 33.1 Å². The summed E-state index contributed by atoms with van der Waals surface area (Å²) in [5.41, 5.74) is 0.579. The molecule has 1 saturated heterocycles. The number of nitrogens with zero attached hydrogens (tertiary/aromatic N) is 2. The molecule has 4 heteroatoms. The third-order valence-electron chi connectivity index (χ3n) is 3.97. The molecule has 0 spiro atoms. The van der Waals surface area contributed by atoms with Gasteiger partial charge in [-0.1, -0.05) is 48.0 Å². The van der Waals surface area contributed by atoms with Crippen LogP contribution >= 0.6 is 27.7 Å². The number of thioether (sulfide) groups is 1. The Hall–Kier alpha value is 0.300. The fourth-order valence-electron chi connectivity index (χ4n) is 2.25. The molecule has 0 aromatic carbocycles. The molecule has 2 rings (SSSR count). The number of halogens is 1. The summed E-state index contributed by atoms with van der Waals surface area (Å²) >= 11 is 5.50. The van der Waals surface area contributed by atoms with Crippen molar-refractivity contribution >= 4 is 32.9 Å². The number of amidine groups is 1. The lowest BCUT2D eigenvalue weighted by molar-refractivity contribution is 0.164. The summed E-state index contributed by atoms with van der Waals surface area (Å²) in [6.07, 6.45) is 3.95. The van der Waals surface area contributed by atoms with Gasteiger partial charge in [0.15, 0.2) is 5.17 Å². The van der Waals surface area contributed by atoms with E-state index in [-0.39, 0.29) is 0 Å². The molecule has 0 saturated carbocycles. The minimum absolute atomic E-state index is 0.579. The molecule has 16 heavy (non-hydrogen) atoms. The normalized spacial score (nSPS) is 29.3. The molecule has 0 radical (unpaired) electrons. The second-order valence-electron chi connectivity index (χ2n) is 5.17. The van der Waals surface area contributed by atoms with Crippen LogP contribution in [0.3, 0.4) is 0 Å². The predicted molar refractivity (Wildman–Crippen MR) is 76.7 cm³/mol. The highest BCUT2D eigenvalue weighted by atomic mass is 79.9. The second-order valence-corrected chi connectivity index (χ2v) is 7.08. The van der Waals surface area contributed by atoms with Gasteiger partial charge >= 0.3 is 0 Å². The average molecular weight is 305 g/mol. The molecule has 0 bridgehead atoms. The van der Waals surface area contributed by atoms with Crippen molar-refractivity contribution in [1.29, 1.82) is 0 Å². The molecule has 0 aliphatic carbocycles. The van der Waals surface area contributed by atoms with Crippen LogP contribution in [-0.4, -0.2) is 40.3 Å². The van der Waals surface area contributed by atoms with Gasteiger partial charge in [-0.15, -0.1) is 0 Å². The maximum atomic E-state index is 4.66. The number of aliphatic imine (C=N–C) groups is 1. The third kappa shape index (κ3) is 2.76. The minimum atomic E-state index is 0.579. The second kappa shape index (κ2) is 5.30. The van der Waals surface area contributed by atoms with Crippen LogP contribution in [0.25, 0.3) is 0 Å². The summed E-state index contributed by atoms with van der Waals surface area (Å²) < 4.78 is 0. The van der Waals surface area contributed by atoms with E-state index in [1.807, 2.05) is 11.8 Å². The number of hydrogen-bond donors (Lipinski definition) is 0. The van der Waals surface area contributed by atoms with Crippen LogP contribution < -0.4 is 0 Å². The van der Waals surface area contributed by atoms with Gasteiger partial charge in [0.1, 0.15) is 0 Å². The monoisotopic (exact) mass is 304 g/mol. The van der Waals surface area contributed by atoms with Crippen LogP contribution in [0.4, 0.5) is 0 Å². The zero-order chi connectivity index (χ0) is 11.6.